The minimum Gasteiger partial charge on any atom is -0.493 e. The zero-order valence-electron chi connectivity index (χ0n) is 15.5. The van der Waals surface area contributed by atoms with Gasteiger partial charge < -0.3 is 14.8 Å². The summed E-state index contributed by atoms with van der Waals surface area (Å²) in [6, 6.07) is 13.1. The number of nitrogens with one attached hydrogen (secondary N) is 1. The standard InChI is InChI=1S/C21H25NO4/c1-15-8-9-16(2)17(14-15)18(23)10-11-21(24)22-12-13-26-20-7-5-4-6-19(20)25-3/h4-9,14H,10-13H2,1-3H3,(H,22,24). The van der Waals surface area contributed by atoms with Gasteiger partial charge in [0.05, 0.1) is 13.7 Å². The molecular formula is C21H25NO4. The van der Waals surface area contributed by atoms with Gasteiger partial charge in [0.25, 0.3) is 0 Å². The van der Waals surface area contributed by atoms with E-state index in [0.717, 1.165) is 11.1 Å². The lowest BCUT2D eigenvalue weighted by Crippen LogP contribution is -2.28. The normalized spacial score (nSPS) is 10.3. The van der Waals surface area contributed by atoms with E-state index in [9.17, 15) is 9.59 Å². The Hall–Kier alpha value is -2.82. The molecule has 0 radical (unpaired) electrons. The molecule has 0 saturated heterocycles. The zero-order chi connectivity index (χ0) is 18.9. The summed E-state index contributed by atoms with van der Waals surface area (Å²) in [4.78, 5) is 24.2. The van der Waals surface area contributed by atoms with Crippen LogP contribution >= 0.6 is 0 Å². The third-order valence-corrected chi connectivity index (χ3v) is 4.02. The molecule has 0 aliphatic rings. The summed E-state index contributed by atoms with van der Waals surface area (Å²) in [7, 11) is 1.58. The summed E-state index contributed by atoms with van der Waals surface area (Å²) in [5.74, 6) is 1.12. The van der Waals surface area contributed by atoms with E-state index < -0.39 is 0 Å². The van der Waals surface area contributed by atoms with E-state index in [0.29, 0.717) is 30.2 Å². The SMILES string of the molecule is COc1ccccc1OCCNC(=O)CCC(=O)c1cc(C)ccc1C. The molecule has 2 aromatic carbocycles. The Balaban J connectivity index is 1.72. The monoisotopic (exact) mass is 355 g/mol. The Morgan fingerprint density at radius 3 is 2.46 bits per heavy atom. The second-order valence-electron chi connectivity index (χ2n) is 6.09. The number of aryl methyl sites for hydroxylation is 2. The predicted molar refractivity (Wildman–Crippen MR) is 101 cm³/mol. The van der Waals surface area contributed by atoms with Crippen molar-refractivity contribution in [1.82, 2.24) is 5.32 Å². The van der Waals surface area contributed by atoms with Crippen LogP contribution in [-0.2, 0) is 4.79 Å². The molecular weight excluding hydrogens is 330 g/mol. The average Bonchev–Trinajstić information content (AvgIpc) is 2.65. The van der Waals surface area contributed by atoms with Crippen LogP contribution in [0.25, 0.3) is 0 Å². The first kappa shape index (κ1) is 19.5. The van der Waals surface area contributed by atoms with Crippen molar-refractivity contribution < 1.29 is 19.1 Å². The van der Waals surface area contributed by atoms with Crippen molar-refractivity contribution in [2.24, 2.45) is 0 Å². The number of benzene rings is 2. The maximum absolute atomic E-state index is 12.3. The van der Waals surface area contributed by atoms with Crippen molar-refractivity contribution in [3.05, 3.63) is 59.2 Å². The van der Waals surface area contributed by atoms with Gasteiger partial charge in [-0.15, -0.1) is 0 Å². The number of para-hydroxylation sites is 2. The third kappa shape index (κ3) is 5.62. The third-order valence-electron chi connectivity index (χ3n) is 4.02. The summed E-state index contributed by atoms with van der Waals surface area (Å²) in [6.07, 6.45) is 0.365. The number of rotatable bonds is 9. The Kier molecular flexibility index (Phi) is 7.21. The van der Waals surface area contributed by atoms with Crippen molar-refractivity contribution >= 4 is 11.7 Å². The molecule has 0 unspecified atom stereocenters. The minimum atomic E-state index is -0.160. The molecule has 5 heteroatoms. The van der Waals surface area contributed by atoms with Gasteiger partial charge in [0.2, 0.25) is 5.91 Å². The van der Waals surface area contributed by atoms with Gasteiger partial charge in [0, 0.05) is 18.4 Å². The Bertz CT molecular complexity index is 770. The molecule has 0 aliphatic heterocycles. The van der Waals surface area contributed by atoms with Gasteiger partial charge in [0.1, 0.15) is 6.61 Å². The van der Waals surface area contributed by atoms with Gasteiger partial charge in [-0.05, 0) is 37.6 Å². The Morgan fingerprint density at radius 2 is 1.73 bits per heavy atom. The van der Waals surface area contributed by atoms with Crippen LogP contribution in [-0.4, -0.2) is 32.0 Å². The van der Waals surface area contributed by atoms with E-state index in [2.05, 4.69) is 5.32 Å². The lowest BCUT2D eigenvalue weighted by molar-refractivity contribution is -0.121. The fourth-order valence-corrected chi connectivity index (χ4v) is 2.58. The van der Waals surface area contributed by atoms with Gasteiger partial charge >= 0.3 is 0 Å². The highest BCUT2D eigenvalue weighted by atomic mass is 16.5. The summed E-state index contributed by atoms with van der Waals surface area (Å²) in [5.41, 5.74) is 2.67. The molecule has 0 bridgehead atoms. The van der Waals surface area contributed by atoms with Crippen molar-refractivity contribution in [2.75, 3.05) is 20.3 Å². The van der Waals surface area contributed by atoms with E-state index in [1.807, 2.05) is 56.3 Å². The molecule has 0 aliphatic carbocycles. The minimum absolute atomic E-state index is 0.00776. The fourth-order valence-electron chi connectivity index (χ4n) is 2.58. The van der Waals surface area contributed by atoms with E-state index >= 15 is 0 Å². The molecule has 26 heavy (non-hydrogen) atoms. The smallest absolute Gasteiger partial charge is 0.220 e. The molecule has 0 atom stereocenters. The summed E-state index contributed by atoms with van der Waals surface area (Å²) in [6.45, 7) is 4.55. The van der Waals surface area contributed by atoms with Crippen LogP contribution in [0.5, 0.6) is 11.5 Å². The maximum atomic E-state index is 12.3. The van der Waals surface area contributed by atoms with Crippen LogP contribution in [0.3, 0.4) is 0 Å². The lowest BCUT2D eigenvalue weighted by Gasteiger charge is -2.11. The van der Waals surface area contributed by atoms with E-state index in [1.165, 1.54) is 0 Å². The van der Waals surface area contributed by atoms with Crippen molar-refractivity contribution in [2.45, 2.75) is 26.7 Å². The fraction of sp³-hybridized carbons (Fsp3) is 0.333. The number of amides is 1. The van der Waals surface area contributed by atoms with Gasteiger partial charge in [0.15, 0.2) is 17.3 Å². The molecule has 0 fully saturated rings. The van der Waals surface area contributed by atoms with Crippen molar-refractivity contribution in [3.8, 4) is 11.5 Å². The first-order valence-electron chi connectivity index (χ1n) is 8.64. The zero-order valence-corrected chi connectivity index (χ0v) is 15.5. The highest BCUT2D eigenvalue weighted by Crippen LogP contribution is 2.25. The molecule has 2 aromatic rings. The summed E-state index contributed by atoms with van der Waals surface area (Å²) >= 11 is 0. The van der Waals surface area contributed by atoms with E-state index in [1.54, 1.807) is 7.11 Å². The molecule has 0 saturated carbocycles. The number of carbonyl (C=O) groups is 2. The van der Waals surface area contributed by atoms with Crippen LogP contribution < -0.4 is 14.8 Å². The van der Waals surface area contributed by atoms with Crippen molar-refractivity contribution in [3.63, 3.8) is 0 Å². The van der Waals surface area contributed by atoms with Gasteiger partial charge in [-0.25, -0.2) is 0 Å². The number of ether oxygens (including phenoxy) is 2. The molecule has 138 valence electrons. The Morgan fingerprint density at radius 1 is 1.00 bits per heavy atom. The molecule has 0 heterocycles. The number of hydrogen-bond donors (Lipinski definition) is 1. The number of carbonyl (C=O) groups excluding carboxylic acids is 2. The molecule has 1 N–H and O–H groups in total. The first-order chi connectivity index (χ1) is 12.5. The largest absolute Gasteiger partial charge is 0.493 e. The number of methoxy groups -OCH3 is 1. The Labute approximate surface area is 154 Å². The van der Waals surface area contributed by atoms with Gasteiger partial charge in [-0.2, -0.15) is 0 Å². The maximum Gasteiger partial charge on any atom is 0.220 e. The second kappa shape index (κ2) is 9.61. The lowest BCUT2D eigenvalue weighted by atomic mass is 9.99. The highest BCUT2D eigenvalue weighted by Gasteiger charge is 2.12. The molecule has 0 aromatic heterocycles. The second-order valence-corrected chi connectivity index (χ2v) is 6.09. The number of Topliss-reactive ketones (excluding diaryl/α,β-unsaturated/α-hetero) is 1. The van der Waals surface area contributed by atoms with Crippen LogP contribution in [0.2, 0.25) is 0 Å². The topological polar surface area (TPSA) is 64.6 Å². The summed E-state index contributed by atoms with van der Waals surface area (Å²) in [5, 5.41) is 2.77. The van der Waals surface area contributed by atoms with Gasteiger partial charge in [-0.1, -0.05) is 29.8 Å². The van der Waals surface area contributed by atoms with Crippen molar-refractivity contribution in [1.29, 1.82) is 0 Å². The van der Waals surface area contributed by atoms with Crippen LogP contribution in [0.4, 0.5) is 0 Å². The summed E-state index contributed by atoms with van der Waals surface area (Å²) < 4.78 is 10.8. The first-order valence-corrected chi connectivity index (χ1v) is 8.64. The van der Waals surface area contributed by atoms with Crippen LogP contribution in [0.15, 0.2) is 42.5 Å². The molecule has 5 nitrogen and oxygen atoms in total. The molecule has 2 rings (SSSR count). The van der Waals surface area contributed by atoms with Crippen LogP contribution in [0, 0.1) is 13.8 Å². The van der Waals surface area contributed by atoms with Gasteiger partial charge in [-0.3, -0.25) is 9.59 Å². The number of ketones is 1. The molecule has 1 amide bonds. The number of hydrogen-bond acceptors (Lipinski definition) is 4. The quantitative estimate of drug-likeness (QED) is 0.553. The highest BCUT2D eigenvalue weighted by molar-refractivity contribution is 5.99. The van der Waals surface area contributed by atoms with Crippen LogP contribution in [0.1, 0.15) is 34.3 Å². The molecule has 0 spiro atoms. The predicted octanol–water partition coefficient (Wildman–Crippen LogP) is 3.47. The average molecular weight is 355 g/mol. The van der Waals surface area contributed by atoms with E-state index in [4.69, 9.17) is 9.47 Å². The van der Waals surface area contributed by atoms with E-state index in [-0.39, 0.29) is 24.5 Å².